The first-order valence-electron chi connectivity index (χ1n) is 6.78. The third-order valence-corrected chi connectivity index (χ3v) is 3.11. The first-order valence-corrected chi connectivity index (χ1v) is 6.78. The minimum Gasteiger partial charge on any atom is -0.481 e. The van der Waals surface area contributed by atoms with Crippen LogP contribution in [-0.2, 0) is 16.0 Å². The molecule has 0 aliphatic heterocycles. The van der Waals surface area contributed by atoms with Crippen LogP contribution < -0.4 is 0 Å². The van der Waals surface area contributed by atoms with Crippen LogP contribution in [0.2, 0.25) is 0 Å². The largest absolute Gasteiger partial charge is 0.481 e. The lowest BCUT2D eigenvalue weighted by Gasteiger charge is -2.06. The molecule has 7 heteroatoms. The van der Waals surface area contributed by atoms with E-state index in [9.17, 15) is 9.59 Å². The molecule has 0 aliphatic carbocycles. The third-order valence-electron chi connectivity index (χ3n) is 3.11. The number of nitrogens with zero attached hydrogens (tertiary/aromatic N) is 3. The van der Waals surface area contributed by atoms with E-state index < -0.39 is 17.9 Å². The average Bonchev–Trinajstić information content (AvgIpc) is 2.81. The number of aromatic nitrogens is 3. The lowest BCUT2D eigenvalue weighted by atomic mass is 10.0. The number of carboxylic acids is 2. The van der Waals surface area contributed by atoms with E-state index in [-0.39, 0.29) is 12.5 Å². The van der Waals surface area contributed by atoms with Crippen molar-refractivity contribution in [1.82, 2.24) is 15.0 Å². The Morgan fingerprint density at radius 3 is 2.35 bits per heavy atom. The zero-order chi connectivity index (χ0) is 15.1. The standard InChI is InChI=1S/C13H21N3O4/c1-9(2)16-8-10(14-15-16)6-4-3-5-7-11(12(17)18)13(19)20/h8-9,11H,3-7H2,1-2H3,(H,17,18)(H,19,20). The number of carbonyl (C=O) groups is 2. The van der Waals surface area contributed by atoms with Crippen molar-refractivity contribution >= 4 is 11.9 Å². The Kier molecular flexibility index (Phi) is 6.14. The number of rotatable bonds is 9. The van der Waals surface area contributed by atoms with Crippen LogP contribution in [-0.4, -0.2) is 37.1 Å². The zero-order valence-electron chi connectivity index (χ0n) is 11.8. The lowest BCUT2D eigenvalue weighted by molar-refractivity contribution is -0.154. The van der Waals surface area contributed by atoms with Gasteiger partial charge in [0.05, 0.1) is 5.69 Å². The molecular formula is C13H21N3O4. The van der Waals surface area contributed by atoms with Gasteiger partial charge in [0.1, 0.15) is 0 Å². The summed E-state index contributed by atoms with van der Waals surface area (Å²) in [4.78, 5) is 21.4. The zero-order valence-corrected chi connectivity index (χ0v) is 11.8. The summed E-state index contributed by atoms with van der Waals surface area (Å²) < 4.78 is 1.79. The number of unbranched alkanes of at least 4 members (excludes halogenated alkanes) is 2. The average molecular weight is 283 g/mol. The number of aryl methyl sites for hydroxylation is 1. The van der Waals surface area contributed by atoms with Crippen molar-refractivity contribution < 1.29 is 19.8 Å². The molecule has 1 rings (SSSR count). The first kappa shape index (κ1) is 16.1. The Morgan fingerprint density at radius 1 is 1.20 bits per heavy atom. The fourth-order valence-electron chi connectivity index (χ4n) is 1.86. The summed E-state index contributed by atoms with van der Waals surface area (Å²) in [6.45, 7) is 4.05. The summed E-state index contributed by atoms with van der Waals surface area (Å²) in [6, 6.07) is 0.281. The van der Waals surface area contributed by atoms with Gasteiger partial charge < -0.3 is 10.2 Å². The summed E-state index contributed by atoms with van der Waals surface area (Å²) >= 11 is 0. The Bertz CT molecular complexity index is 442. The van der Waals surface area contributed by atoms with Gasteiger partial charge in [-0.05, 0) is 33.1 Å². The van der Waals surface area contributed by atoms with Gasteiger partial charge in [-0.15, -0.1) is 5.10 Å². The van der Waals surface area contributed by atoms with Gasteiger partial charge >= 0.3 is 11.9 Å². The topological polar surface area (TPSA) is 105 Å². The molecule has 0 fully saturated rings. The van der Waals surface area contributed by atoms with Gasteiger partial charge in [0.15, 0.2) is 5.92 Å². The second-order valence-electron chi connectivity index (χ2n) is 5.11. The Labute approximate surface area is 117 Å². The SMILES string of the molecule is CC(C)n1cc(CCCCCC(C(=O)O)C(=O)O)nn1. The van der Waals surface area contributed by atoms with Crippen LogP contribution in [0.5, 0.6) is 0 Å². The molecular weight excluding hydrogens is 262 g/mol. The molecule has 0 amide bonds. The van der Waals surface area contributed by atoms with E-state index in [2.05, 4.69) is 10.3 Å². The van der Waals surface area contributed by atoms with E-state index in [0.29, 0.717) is 6.42 Å². The summed E-state index contributed by atoms with van der Waals surface area (Å²) in [6.07, 6.45) is 5.07. The maximum atomic E-state index is 10.7. The minimum atomic E-state index is -1.29. The molecule has 0 unspecified atom stereocenters. The molecule has 0 spiro atoms. The summed E-state index contributed by atoms with van der Waals surface area (Å²) in [5.74, 6) is -3.83. The highest BCUT2D eigenvalue weighted by Crippen LogP contribution is 2.12. The lowest BCUT2D eigenvalue weighted by Crippen LogP contribution is -2.23. The molecule has 0 radical (unpaired) electrons. The smallest absolute Gasteiger partial charge is 0.317 e. The molecule has 0 saturated carbocycles. The van der Waals surface area contributed by atoms with Gasteiger partial charge in [0, 0.05) is 12.2 Å². The monoisotopic (exact) mass is 283 g/mol. The van der Waals surface area contributed by atoms with Gasteiger partial charge in [-0.2, -0.15) is 0 Å². The molecule has 0 aromatic carbocycles. The van der Waals surface area contributed by atoms with E-state index in [0.717, 1.165) is 25.0 Å². The molecule has 1 aromatic rings. The Hall–Kier alpha value is -1.92. The van der Waals surface area contributed by atoms with Crippen molar-refractivity contribution in [1.29, 1.82) is 0 Å². The quantitative estimate of drug-likeness (QED) is 0.528. The van der Waals surface area contributed by atoms with Gasteiger partial charge in [-0.25, -0.2) is 4.68 Å². The summed E-state index contributed by atoms with van der Waals surface area (Å²) in [5, 5.41) is 25.5. The fourth-order valence-corrected chi connectivity index (χ4v) is 1.86. The van der Waals surface area contributed by atoms with Crippen LogP contribution in [0, 0.1) is 5.92 Å². The van der Waals surface area contributed by atoms with Crippen molar-refractivity contribution in [2.45, 2.75) is 52.0 Å². The van der Waals surface area contributed by atoms with E-state index in [4.69, 9.17) is 10.2 Å². The molecule has 1 heterocycles. The van der Waals surface area contributed by atoms with Gasteiger partial charge in [-0.1, -0.05) is 18.1 Å². The molecule has 2 N–H and O–H groups in total. The number of hydrogen-bond acceptors (Lipinski definition) is 4. The molecule has 7 nitrogen and oxygen atoms in total. The molecule has 0 atom stereocenters. The first-order chi connectivity index (χ1) is 9.41. The second-order valence-corrected chi connectivity index (χ2v) is 5.11. The Morgan fingerprint density at radius 2 is 1.85 bits per heavy atom. The van der Waals surface area contributed by atoms with Crippen LogP contribution in [0.3, 0.4) is 0 Å². The predicted octanol–water partition coefficient (Wildman–Crippen LogP) is 1.75. The summed E-state index contributed by atoms with van der Waals surface area (Å²) in [5.41, 5.74) is 0.909. The van der Waals surface area contributed by atoms with Crippen molar-refractivity contribution in [3.63, 3.8) is 0 Å². The molecule has 0 bridgehead atoms. The maximum Gasteiger partial charge on any atom is 0.317 e. The van der Waals surface area contributed by atoms with E-state index in [1.807, 2.05) is 20.0 Å². The number of hydrogen-bond donors (Lipinski definition) is 2. The second kappa shape index (κ2) is 7.62. The predicted molar refractivity (Wildman–Crippen MR) is 71.3 cm³/mol. The highest BCUT2D eigenvalue weighted by atomic mass is 16.4. The van der Waals surface area contributed by atoms with Crippen LogP contribution in [0.1, 0.15) is 51.3 Å². The molecule has 1 aromatic heterocycles. The van der Waals surface area contributed by atoms with Crippen molar-refractivity contribution in [3.8, 4) is 0 Å². The van der Waals surface area contributed by atoms with Crippen molar-refractivity contribution in [2.24, 2.45) is 5.92 Å². The fraction of sp³-hybridized carbons (Fsp3) is 0.692. The van der Waals surface area contributed by atoms with E-state index in [1.165, 1.54) is 0 Å². The van der Waals surface area contributed by atoms with Crippen LogP contribution in [0.15, 0.2) is 6.20 Å². The normalized spacial score (nSPS) is 11.2. The van der Waals surface area contributed by atoms with Crippen molar-refractivity contribution in [3.05, 3.63) is 11.9 Å². The number of aliphatic carboxylic acids is 2. The maximum absolute atomic E-state index is 10.7. The number of carboxylic acid groups (broad SMARTS) is 2. The van der Waals surface area contributed by atoms with Crippen LogP contribution in [0.25, 0.3) is 0 Å². The van der Waals surface area contributed by atoms with E-state index >= 15 is 0 Å². The highest BCUT2D eigenvalue weighted by Gasteiger charge is 2.24. The van der Waals surface area contributed by atoms with Crippen LogP contribution in [0.4, 0.5) is 0 Å². The molecule has 112 valence electrons. The minimum absolute atomic E-state index is 0.170. The van der Waals surface area contributed by atoms with Gasteiger partial charge in [-0.3, -0.25) is 9.59 Å². The molecule has 0 aliphatic rings. The van der Waals surface area contributed by atoms with Crippen molar-refractivity contribution in [2.75, 3.05) is 0 Å². The summed E-state index contributed by atoms with van der Waals surface area (Å²) in [7, 11) is 0. The van der Waals surface area contributed by atoms with E-state index in [1.54, 1.807) is 4.68 Å². The molecule has 20 heavy (non-hydrogen) atoms. The highest BCUT2D eigenvalue weighted by molar-refractivity contribution is 5.92. The van der Waals surface area contributed by atoms with Gasteiger partial charge in [0.2, 0.25) is 0 Å². The molecule has 0 saturated heterocycles. The van der Waals surface area contributed by atoms with Gasteiger partial charge in [0.25, 0.3) is 0 Å². The van der Waals surface area contributed by atoms with Crippen LogP contribution >= 0.6 is 0 Å². The Balaban J connectivity index is 2.24. The third kappa shape index (κ3) is 4.99.